The van der Waals surface area contributed by atoms with Crippen LogP contribution in [0.5, 0.6) is 0 Å². The third-order valence-electron chi connectivity index (χ3n) is 4.38. The topological polar surface area (TPSA) is 75.4 Å². The van der Waals surface area contributed by atoms with Crippen LogP contribution in [0.25, 0.3) is 5.78 Å². The van der Waals surface area contributed by atoms with Crippen molar-refractivity contribution in [1.82, 2.24) is 24.9 Å². The van der Waals surface area contributed by atoms with Gasteiger partial charge in [0.2, 0.25) is 11.1 Å². The maximum absolute atomic E-state index is 12.2. The molecule has 0 spiro atoms. The number of thioether (sulfide) groups is 1. The molecule has 0 unspecified atom stereocenters. The Balaban J connectivity index is 1.48. The summed E-state index contributed by atoms with van der Waals surface area (Å²) in [5.41, 5.74) is 4.29. The average molecular weight is 399 g/mol. The molecular formula is C20H26N6OS. The van der Waals surface area contributed by atoms with Crippen LogP contribution in [0.15, 0.2) is 35.5 Å². The summed E-state index contributed by atoms with van der Waals surface area (Å²) in [6, 6.07) is 10.4. The van der Waals surface area contributed by atoms with E-state index in [-0.39, 0.29) is 11.7 Å². The Kier molecular flexibility index (Phi) is 6.51. The van der Waals surface area contributed by atoms with Gasteiger partial charge in [0, 0.05) is 36.7 Å². The minimum absolute atomic E-state index is 0.0231. The van der Waals surface area contributed by atoms with E-state index in [4.69, 9.17) is 0 Å². The van der Waals surface area contributed by atoms with Crippen molar-refractivity contribution in [2.45, 2.75) is 32.9 Å². The second-order valence-electron chi connectivity index (χ2n) is 6.70. The molecule has 0 atom stereocenters. The number of anilines is 1. The number of carbonyl (C=O) groups excluding carboxylic acids is 1. The van der Waals surface area contributed by atoms with Crippen molar-refractivity contribution in [1.29, 1.82) is 0 Å². The van der Waals surface area contributed by atoms with Gasteiger partial charge in [-0.3, -0.25) is 4.79 Å². The number of nitrogens with one attached hydrogen (secondary N) is 1. The van der Waals surface area contributed by atoms with Gasteiger partial charge in [-0.1, -0.05) is 23.9 Å². The quantitative estimate of drug-likeness (QED) is 0.588. The van der Waals surface area contributed by atoms with Crippen LogP contribution >= 0.6 is 11.8 Å². The number of hydrogen-bond acceptors (Lipinski definition) is 6. The first-order chi connectivity index (χ1) is 13.5. The summed E-state index contributed by atoms with van der Waals surface area (Å²) in [7, 11) is 0. The maximum Gasteiger partial charge on any atom is 0.253 e. The zero-order valence-electron chi connectivity index (χ0n) is 16.8. The molecule has 0 saturated carbocycles. The molecule has 0 fully saturated rings. The number of fused-ring (bicyclic) bond motifs is 1. The van der Waals surface area contributed by atoms with Crippen LogP contribution < -0.4 is 10.2 Å². The van der Waals surface area contributed by atoms with Gasteiger partial charge in [0.15, 0.2) is 0 Å². The summed E-state index contributed by atoms with van der Waals surface area (Å²) in [6.45, 7) is 10.4. The summed E-state index contributed by atoms with van der Waals surface area (Å²) < 4.78 is 1.70. The molecule has 8 heteroatoms. The summed E-state index contributed by atoms with van der Waals surface area (Å²) in [4.78, 5) is 23.2. The van der Waals surface area contributed by atoms with Crippen molar-refractivity contribution >= 4 is 29.1 Å². The van der Waals surface area contributed by atoms with Crippen LogP contribution in [-0.2, 0) is 4.79 Å². The number of rotatable bonds is 8. The number of benzene rings is 1. The van der Waals surface area contributed by atoms with Crippen molar-refractivity contribution in [2.75, 3.05) is 30.3 Å². The van der Waals surface area contributed by atoms with Gasteiger partial charge in [0.05, 0.1) is 5.75 Å². The van der Waals surface area contributed by atoms with Crippen molar-refractivity contribution in [3.63, 3.8) is 0 Å². The molecule has 0 radical (unpaired) electrons. The molecule has 0 bridgehead atoms. The molecule has 28 heavy (non-hydrogen) atoms. The van der Waals surface area contributed by atoms with E-state index in [0.717, 1.165) is 24.5 Å². The van der Waals surface area contributed by atoms with Crippen LogP contribution in [0, 0.1) is 20.8 Å². The molecule has 1 amide bonds. The number of hydrogen-bond donors (Lipinski definition) is 1. The van der Waals surface area contributed by atoms with E-state index in [0.29, 0.717) is 17.5 Å². The highest BCUT2D eigenvalue weighted by molar-refractivity contribution is 7.99. The maximum atomic E-state index is 12.2. The molecule has 7 nitrogen and oxygen atoms in total. The third-order valence-corrected chi connectivity index (χ3v) is 5.22. The lowest BCUT2D eigenvalue weighted by Crippen LogP contribution is -2.35. The minimum Gasteiger partial charge on any atom is -0.370 e. The lowest BCUT2D eigenvalue weighted by molar-refractivity contribution is -0.118. The van der Waals surface area contributed by atoms with E-state index in [1.165, 1.54) is 23.0 Å². The first-order valence-corrected chi connectivity index (χ1v) is 10.4. The fourth-order valence-electron chi connectivity index (χ4n) is 3.01. The second kappa shape index (κ2) is 9.05. The number of amides is 1. The lowest BCUT2D eigenvalue weighted by Gasteiger charge is -2.23. The van der Waals surface area contributed by atoms with E-state index >= 15 is 0 Å². The highest BCUT2D eigenvalue weighted by Gasteiger charge is 2.11. The molecule has 2 heterocycles. The average Bonchev–Trinajstić information content (AvgIpc) is 3.07. The van der Waals surface area contributed by atoms with Gasteiger partial charge in [-0.05, 0) is 51.5 Å². The van der Waals surface area contributed by atoms with Crippen LogP contribution in [0.4, 0.5) is 5.69 Å². The molecule has 1 aromatic carbocycles. The van der Waals surface area contributed by atoms with Gasteiger partial charge in [-0.2, -0.15) is 4.98 Å². The van der Waals surface area contributed by atoms with Gasteiger partial charge in [0.25, 0.3) is 5.78 Å². The fraction of sp³-hybridized carbons (Fsp3) is 0.400. The lowest BCUT2D eigenvalue weighted by atomic mass is 10.2. The summed E-state index contributed by atoms with van der Waals surface area (Å²) in [5.74, 6) is 0.827. The smallest absolute Gasteiger partial charge is 0.253 e. The van der Waals surface area contributed by atoms with E-state index in [2.05, 4.69) is 63.4 Å². The Labute approximate surface area is 169 Å². The molecule has 148 valence electrons. The Bertz CT molecular complexity index is 970. The molecule has 0 saturated heterocycles. The van der Waals surface area contributed by atoms with Gasteiger partial charge in [-0.15, -0.1) is 5.10 Å². The molecule has 0 aliphatic carbocycles. The van der Waals surface area contributed by atoms with Crippen LogP contribution in [0.1, 0.15) is 23.9 Å². The standard InChI is InChI=1S/C20H26N6OS/c1-5-25(17-8-6-7-14(2)11-17)10-9-21-18(27)13-28-20-23-19-22-15(3)12-16(4)26(19)24-20/h6-8,11-12H,5,9-10,13H2,1-4H3,(H,21,27). The zero-order valence-corrected chi connectivity index (χ0v) is 17.6. The number of likely N-dealkylation sites (N-methyl/N-ethyl adjacent to an activating group) is 1. The highest BCUT2D eigenvalue weighted by atomic mass is 32.2. The first kappa shape index (κ1) is 20.1. The normalized spacial score (nSPS) is 11.0. The molecule has 1 N–H and O–H groups in total. The number of aryl methyl sites for hydroxylation is 3. The molecule has 2 aromatic heterocycles. The van der Waals surface area contributed by atoms with Crippen LogP contribution in [0.3, 0.4) is 0 Å². The van der Waals surface area contributed by atoms with Gasteiger partial charge < -0.3 is 10.2 Å². The fourth-order valence-corrected chi connectivity index (χ4v) is 3.66. The highest BCUT2D eigenvalue weighted by Crippen LogP contribution is 2.16. The number of nitrogens with zero attached hydrogens (tertiary/aromatic N) is 5. The van der Waals surface area contributed by atoms with Crippen LogP contribution in [-0.4, -0.2) is 50.9 Å². The van der Waals surface area contributed by atoms with Gasteiger partial charge in [-0.25, -0.2) is 9.50 Å². The predicted molar refractivity (Wildman–Crippen MR) is 113 cm³/mol. The number of aromatic nitrogens is 4. The Morgan fingerprint density at radius 2 is 2.04 bits per heavy atom. The van der Waals surface area contributed by atoms with Crippen molar-refractivity contribution in [3.8, 4) is 0 Å². The van der Waals surface area contributed by atoms with E-state index in [1.54, 1.807) is 4.52 Å². The monoisotopic (exact) mass is 398 g/mol. The Morgan fingerprint density at radius 3 is 2.79 bits per heavy atom. The molecular weight excluding hydrogens is 372 g/mol. The van der Waals surface area contributed by atoms with Gasteiger partial charge >= 0.3 is 0 Å². The summed E-state index contributed by atoms with van der Waals surface area (Å²) in [6.07, 6.45) is 0. The molecule has 0 aliphatic heterocycles. The predicted octanol–water partition coefficient (Wildman–Crippen LogP) is 2.78. The molecule has 3 aromatic rings. The Morgan fingerprint density at radius 1 is 1.21 bits per heavy atom. The van der Waals surface area contributed by atoms with E-state index in [9.17, 15) is 4.79 Å². The SMILES string of the molecule is CCN(CCNC(=O)CSc1nc2nc(C)cc(C)n2n1)c1cccc(C)c1. The molecule has 0 aliphatic rings. The van der Waals surface area contributed by atoms with Gasteiger partial charge in [0.1, 0.15) is 0 Å². The van der Waals surface area contributed by atoms with Crippen molar-refractivity contribution in [2.24, 2.45) is 0 Å². The zero-order chi connectivity index (χ0) is 20.1. The molecule has 3 rings (SSSR count). The largest absolute Gasteiger partial charge is 0.370 e. The summed E-state index contributed by atoms with van der Waals surface area (Å²) >= 11 is 1.32. The summed E-state index contributed by atoms with van der Waals surface area (Å²) in [5, 5.41) is 7.95. The van der Waals surface area contributed by atoms with Crippen LogP contribution in [0.2, 0.25) is 0 Å². The van der Waals surface area contributed by atoms with E-state index in [1.807, 2.05) is 19.9 Å². The number of carbonyl (C=O) groups is 1. The van der Waals surface area contributed by atoms with Crippen molar-refractivity contribution < 1.29 is 4.79 Å². The Hall–Kier alpha value is -2.61. The van der Waals surface area contributed by atoms with Crippen molar-refractivity contribution in [3.05, 3.63) is 47.3 Å². The minimum atomic E-state index is -0.0231. The second-order valence-corrected chi connectivity index (χ2v) is 7.64. The first-order valence-electron chi connectivity index (χ1n) is 9.38. The third kappa shape index (κ3) is 5.01. The van der Waals surface area contributed by atoms with E-state index < -0.39 is 0 Å².